The minimum Gasteiger partial charge on any atom is -0.356 e. The molecule has 1 fully saturated rings. The zero-order valence-electron chi connectivity index (χ0n) is 16.4. The molecule has 0 atom stereocenters. The van der Waals surface area contributed by atoms with Crippen LogP contribution in [0.25, 0.3) is 5.65 Å². The molecule has 0 saturated heterocycles. The lowest BCUT2D eigenvalue weighted by Crippen LogP contribution is -2.46. The molecule has 0 amide bonds. The molecule has 7 heteroatoms. The van der Waals surface area contributed by atoms with Crippen LogP contribution >= 0.6 is 11.3 Å². The Hall–Kier alpha value is -2.41. The average molecular weight is 397 g/mol. The van der Waals surface area contributed by atoms with E-state index in [1.54, 1.807) is 0 Å². The molecule has 1 aliphatic rings. The molecule has 0 bridgehead atoms. The third kappa shape index (κ3) is 4.04. The summed E-state index contributed by atoms with van der Waals surface area (Å²) in [6.45, 7) is 1.70. The molecule has 3 aromatic rings. The van der Waals surface area contributed by atoms with Crippen molar-refractivity contribution >= 4 is 22.9 Å². The monoisotopic (exact) mass is 396 g/mol. The molecule has 3 heterocycles. The number of rotatable bonds is 6. The van der Waals surface area contributed by atoms with Crippen LogP contribution in [0.1, 0.15) is 42.8 Å². The van der Waals surface area contributed by atoms with E-state index in [9.17, 15) is 0 Å². The van der Waals surface area contributed by atoms with Gasteiger partial charge in [-0.2, -0.15) is 0 Å². The molecular formula is C21H28N6S. The molecule has 4 rings (SSSR count). The molecule has 0 aromatic carbocycles. The van der Waals surface area contributed by atoms with Gasteiger partial charge >= 0.3 is 0 Å². The number of fused-ring (bicyclic) bond motifs is 1. The van der Waals surface area contributed by atoms with Gasteiger partial charge in [-0.25, -0.2) is 0 Å². The molecule has 1 aliphatic carbocycles. The lowest BCUT2D eigenvalue weighted by Gasteiger charge is -2.37. The fraction of sp³-hybridized carbons (Fsp3) is 0.476. The molecule has 6 nitrogen and oxygen atoms in total. The third-order valence-electron chi connectivity index (χ3n) is 5.70. The van der Waals surface area contributed by atoms with Crippen LogP contribution in [-0.2, 0) is 11.8 Å². The SMILES string of the molecule is CN=C(NCCc1nnc2ccccn12)NCC1(c2cccs2)CCCCC1. The van der Waals surface area contributed by atoms with Gasteiger partial charge in [0.1, 0.15) is 5.82 Å². The van der Waals surface area contributed by atoms with E-state index >= 15 is 0 Å². The third-order valence-corrected chi connectivity index (χ3v) is 6.81. The van der Waals surface area contributed by atoms with Crippen LogP contribution in [0.3, 0.4) is 0 Å². The predicted molar refractivity (Wildman–Crippen MR) is 115 cm³/mol. The molecule has 2 N–H and O–H groups in total. The van der Waals surface area contributed by atoms with E-state index in [-0.39, 0.29) is 5.41 Å². The van der Waals surface area contributed by atoms with Gasteiger partial charge in [0.2, 0.25) is 0 Å². The van der Waals surface area contributed by atoms with E-state index in [1.807, 2.05) is 47.2 Å². The van der Waals surface area contributed by atoms with Crippen LogP contribution in [0.2, 0.25) is 0 Å². The zero-order valence-corrected chi connectivity index (χ0v) is 17.2. The fourth-order valence-electron chi connectivity index (χ4n) is 4.15. The number of pyridine rings is 1. The summed E-state index contributed by atoms with van der Waals surface area (Å²) in [6.07, 6.45) is 9.28. The van der Waals surface area contributed by atoms with Gasteiger partial charge in [0.25, 0.3) is 0 Å². The summed E-state index contributed by atoms with van der Waals surface area (Å²) in [6, 6.07) is 10.4. The van der Waals surface area contributed by atoms with Crippen molar-refractivity contribution in [2.24, 2.45) is 4.99 Å². The number of nitrogens with zero attached hydrogens (tertiary/aromatic N) is 4. The van der Waals surface area contributed by atoms with Gasteiger partial charge in [-0.1, -0.05) is 31.4 Å². The maximum atomic E-state index is 4.42. The van der Waals surface area contributed by atoms with Crippen molar-refractivity contribution in [2.75, 3.05) is 20.1 Å². The van der Waals surface area contributed by atoms with Gasteiger partial charge in [-0.3, -0.25) is 9.39 Å². The molecule has 0 aliphatic heterocycles. The molecular weight excluding hydrogens is 368 g/mol. The Morgan fingerprint density at radius 1 is 1.14 bits per heavy atom. The van der Waals surface area contributed by atoms with Crippen molar-refractivity contribution in [2.45, 2.75) is 43.9 Å². The molecule has 0 unspecified atom stereocenters. The van der Waals surface area contributed by atoms with Crippen LogP contribution < -0.4 is 10.6 Å². The summed E-state index contributed by atoms with van der Waals surface area (Å²) in [5, 5.41) is 17.7. The first kappa shape index (κ1) is 18.9. The summed E-state index contributed by atoms with van der Waals surface area (Å²) in [4.78, 5) is 5.93. The summed E-state index contributed by atoms with van der Waals surface area (Å²) < 4.78 is 2.03. The number of nitrogens with one attached hydrogen (secondary N) is 2. The molecule has 1 saturated carbocycles. The highest BCUT2D eigenvalue weighted by atomic mass is 32.1. The quantitative estimate of drug-likeness (QED) is 0.495. The Morgan fingerprint density at radius 2 is 2.04 bits per heavy atom. The molecule has 0 spiro atoms. The van der Waals surface area contributed by atoms with Crippen LogP contribution in [0.15, 0.2) is 46.9 Å². The van der Waals surface area contributed by atoms with E-state index in [1.165, 1.54) is 37.0 Å². The maximum Gasteiger partial charge on any atom is 0.191 e. The largest absolute Gasteiger partial charge is 0.356 e. The smallest absolute Gasteiger partial charge is 0.191 e. The highest BCUT2D eigenvalue weighted by molar-refractivity contribution is 7.10. The highest BCUT2D eigenvalue weighted by Crippen LogP contribution is 2.41. The summed E-state index contributed by atoms with van der Waals surface area (Å²) in [5.41, 5.74) is 1.13. The molecule has 148 valence electrons. The summed E-state index contributed by atoms with van der Waals surface area (Å²) >= 11 is 1.89. The van der Waals surface area contributed by atoms with Gasteiger partial charge in [0, 0.05) is 43.0 Å². The van der Waals surface area contributed by atoms with Gasteiger partial charge in [0.05, 0.1) is 0 Å². The number of aliphatic imine (C=N–C) groups is 1. The number of hydrogen-bond acceptors (Lipinski definition) is 4. The molecule has 3 aromatic heterocycles. The summed E-state index contributed by atoms with van der Waals surface area (Å²) in [7, 11) is 1.83. The van der Waals surface area contributed by atoms with Crippen LogP contribution in [-0.4, -0.2) is 40.7 Å². The lowest BCUT2D eigenvalue weighted by molar-refractivity contribution is 0.296. The Bertz CT molecular complexity index is 908. The second-order valence-corrected chi connectivity index (χ2v) is 8.41. The van der Waals surface area contributed by atoms with Crippen LogP contribution in [0.4, 0.5) is 0 Å². The average Bonchev–Trinajstić information content (AvgIpc) is 3.42. The van der Waals surface area contributed by atoms with Gasteiger partial charge in [-0.15, -0.1) is 21.5 Å². The Balaban J connectivity index is 1.34. The van der Waals surface area contributed by atoms with Crippen molar-refractivity contribution in [3.8, 4) is 0 Å². The van der Waals surface area contributed by atoms with E-state index in [2.05, 4.69) is 43.3 Å². The molecule has 28 heavy (non-hydrogen) atoms. The second kappa shape index (κ2) is 8.73. The first-order chi connectivity index (χ1) is 13.8. The van der Waals surface area contributed by atoms with Crippen molar-refractivity contribution < 1.29 is 0 Å². The van der Waals surface area contributed by atoms with E-state index in [4.69, 9.17) is 0 Å². The zero-order chi connectivity index (χ0) is 19.2. The topological polar surface area (TPSA) is 66.6 Å². The van der Waals surface area contributed by atoms with Crippen molar-refractivity contribution in [1.82, 2.24) is 25.2 Å². The van der Waals surface area contributed by atoms with Crippen molar-refractivity contribution in [1.29, 1.82) is 0 Å². The maximum absolute atomic E-state index is 4.42. The van der Waals surface area contributed by atoms with Crippen molar-refractivity contribution in [3.05, 3.63) is 52.6 Å². The minimum atomic E-state index is 0.243. The fourth-order valence-corrected chi connectivity index (χ4v) is 5.13. The normalized spacial score (nSPS) is 17.0. The van der Waals surface area contributed by atoms with E-state index in [0.717, 1.165) is 36.9 Å². The van der Waals surface area contributed by atoms with Gasteiger partial charge in [0.15, 0.2) is 11.6 Å². The predicted octanol–water partition coefficient (Wildman–Crippen LogP) is 3.40. The van der Waals surface area contributed by atoms with Crippen LogP contribution in [0, 0.1) is 0 Å². The highest BCUT2D eigenvalue weighted by Gasteiger charge is 2.34. The lowest BCUT2D eigenvalue weighted by atomic mass is 9.73. The van der Waals surface area contributed by atoms with Crippen molar-refractivity contribution in [3.63, 3.8) is 0 Å². The number of hydrogen-bond donors (Lipinski definition) is 2. The second-order valence-electron chi connectivity index (χ2n) is 7.47. The van der Waals surface area contributed by atoms with Crippen LogP contribution in [0.5, 0.6) is 0 Å². The van der Waals surface area contributed by atoms with Gasteiger partial charge < -0.3 is 10.6 Å². The first-order valence-electron chi connectivity index (χ1n) is 10.1. The summed E-state index contributed by atoms with van der Waals surface area (Å²) in [5.74, 6) is 1.82. The standard InChI is InChI=1S/C21H28N6S/c1-22-20(23-13-10-19-26-25-18-9-3-6-14-27(18)19)24-16-21(11-4-2-5-12-21)17-8-7-15-28-17/h3,6-9,14-15H,2,4-5,10-13,16H2,1H3,(H2,22,23,24). The minimum absolute atomic E-state index is 0.243. The van der Waals surface area contributed by atoms with E-state index < -0.39 is 0 Å². The number of thiophene rings is 1. The Labute approximate surface area is 170 Å². The molecule has 0 radical (unpaired) electrons. The van der Waals surface area contributed by atoms with E-state index in [0.29, 0.717) is 0 Å². The number of aromatic nitrogens is 3. The Morgan fingerprint density at radius 3 is 2.82 bits per heavy atom. The Kier molecular flexibility index (Phi) is 5.90. The number of guanidine groups is 1. The first-order valence-corrected chi connectivity index (χ1v) is 11.0. The van der Waals surface area contributed by atoms with Gasteiger partial charge in [-0.05, 0) is 36.4 Å².